The van der Waals surface area contributed by atoms with E-state index in [2.05, 4.69) is 13.2 Å². The van der Waals surface area contributed by atoms with Gasteiger partial charge in [0.15, 0.2) is 0 Å². The van der Waals surface area contributed by atoms with Crippen molar-refractivity contribution in [3.63, 3.8) is 0 Å². The Morgan fingerprint density at radius 3 is 2.00 bits per heavy atom. The van der Waals surface area contributed by atoms with Crippen LogP contribution in [-0.4, -0.2) is 55.7 Å². The molecule has 0 rings (SSSR count). The average molecular weight is 290 g/mol. The van der Waals surface area contributed by atoms with Crippen LogP contribution < -0.4 is 0 Å². The summed E-state index contributed by atoms with van der Waals surface area (Å²) < 4.78 is 30.9. The summed E-state index contributed by atoms with van der Waals surface area (Å²) in [6.45, 7) is 10.2. The van der Waals surface area contributed by atoms with Crippen molar-refractivity contribution >= 4 is 16.4 Å². The zero-order chi connectivity index (χ0) is 14.8. The molecule has 0 saturated carbocycles. The lowest BCUT2D eigenvalue weighted by Crippen LogP contribution is -2.50. The van der Waals surface area contributed by atoms with Crippen molar-refractivity contribution in [2.24, 2.45) is 0 Å². The second-order valence-corrected chi connectivity index (χ2v) is 6.25. The monoisotopic (exact) mass is 290 g/mol. The first kappa shape index (κ1) is 18.0. The predicted octanol–water partition coefficient (Wildman–Crippen LogP) is 1.43. The molecule has 1 N–H and O–H groups in total. The number of hydrogen-bond donors (Lipinski definition) is 1. The molecule has 0 amide bonds. The van der Waals surface area contributed by atoms with Gasteiger partial charge in [-0.15, -0.1) is 0 Å². The molecule has 110 valence electrons. The van der Waals surface area contributed by atoms with E-state index < -0.39 is 10.1 Å². The predicted molar refractivity (Wildman–Crippen MR) is 76.5 cm³/mol. The molecule has 0 spiro atoms. The highest BCUT2D eigenvalue weighted by atomic mass is 32.2. The second kappa shape index (κ2) is 9.01. The number of carbonyl (C=O) groups excluding carboxylic acids is 1. The Balaban J connectivity index is 4.63. The summed E-state index contributed by atoms with van der Waals surface area (Å²) in [4.78, 5) is 10.4. The highest BCUT2D eigenvalue weighted by Crippen LogP contribution is 2.12. The van der Waals surface area contributed by atoms with E-state index >= 15 is 0 Å². The van der Waals surface area contributed by atoms with E-state index in [1.807, 2.05) is 0 Å². The lowest BCUT2D eigenvalue weighted by Gasteiger charge is -2.37. The Hall–Kier alpha value is -0.980. The van der Waals surface area contributed by atoms with Gasteiger partial charge in [-0.1, -0.05) is 13.2 Å². The molecule has 0 bridgehead atoms. The van der Waals surface area contributed by atoms with E-state index in [-0.39, 0.29) is 5.75 Å². The summed E-state index contributed by atoms with van der Waals surface area (Å²) in [5, 5.41) is 0. The van der Waals surface area contributed by atoms with Gasteiger partial charge in [0, 0.05) is 19.3 Å². The van der Waals surface area contributed by atoms with Crippen LogP contribution in [0, 0.1) is 0 Å². The SMILES string of the molecule is C=CC[N+](CC=C)(CCCC=O)CCCS(=O)(=O)O. The Morgan fingerprint density at radius 1 is 1.05 bits per heavy atom. The zero-order valence-electron chi connectivity index (χ0n) is 11.3. The largest absolute Gasteiger partial charge is 0.317 e. The van der Waals surface area contributed by atoms with E-state index in [1.165, 1.54) is 0 Å². The molecule has 0 unspecified atom stereocenters. The average Bonchev–Trinajstić information content (AvgIpc) is 2.28. The molecule has 0 saturated heterocycles. The van der Waals surface area contributed by atoms with E-state index in [1.54, 1.807) is 12.2 Å². The molecule has 0 aliphatic carbocycles. The fourth-order valence-electron chi connectivity index (χ4n) is 2.19. The molecule has 0 aromatic heterocycles. The highest BCUT2D eigenvalue weighted by molar-refractivity contribution is 7.85. The number of hydrogen-bond acceptors (Lipinski definition) is 3. The van der Waals surface area contributed by atoms with Gasteiger partial charge in [-0.3, -0.25) is 4.55 Å². The van der Waals surface area contributed by atoms with Crippen LogP contribution in [-0.2, 0) is 14.9 Å². The minimum Gasteiger partial charge on any atom is -0.317 e. The highest BCUT2D eigenvalue weighted by Gasteiger charge is 2.24. The summed E-state index contributed by atoms with van der Waals surface area (Å²) in [6.07, 6.45) is 6.08. The molecular weight excluding hydrogens is 266 g/mol. The molecule has 0 aromatic carbocycles. The summed E-state index contributed by atoms with van der Waals surface area (Å²) in [5.74, 6) is -0.241. The van der Waals surface area contributed by atoms with Crippen LogP contribution in [0.5, 0.6) is 0 Å². The number of rotatable bonds is 12. The van der Waals surface area contributed by atoms with E-state index in [9.17, 15) is 13.2 Å². The maximum Gasteiger partial charge on any atom is 0.265 e. The standard InChI is InChI=1S/C13H23NO4S/c1-3-8-14(9-4-2,10-5-6-12-15)11-7-13-19(16,17)18/h3-4,12H,1-2,5-11,13H2/p+1. The summed E-state index contributed by atoms with van der Waals surface area (Å²) in [6, 6.07) is 0. The van der Waals surface area contributed by atoms with Crippen LogP contribution in [0.1, 0.15) is 19.3 Å². The minimum absolute atomic E-state index is 0.241. The Morgan fingerprint density at radius 2 is 1.58 bits per heavy atom. The van der Waals surface area contributed by atoms with Gasteiger partial charge in [-0.05, 0) is 12.2 Å². The van der Waals surface area contributed by atoms with Crippen molar-refractivity contribution in [1.82, 2.24) is 0 Å². The summed E-state index contributed by atoms with van der Waals surface area (Å²) in [7, 11) is -3.92. The lowest BCUT2D eigenvalue weighted by molar-refractivity contribution is -0.917. The zero-order valence-corrected chi connectivity index (χ0v) is 12.1. The Labute approximate surface area is 115 Å². The van der Waals surface area contributed by atoms with Crippen molar-refractivity contribution in [3.05, 3.63) is 25.3 Å². The summed E-state index contributed by atoms with van der Waals surface area (Å²) in [5.41, 5.74) is 0. The third-order valence-corrected chi connectivity index (χ3v) is 3.83. The van der Waals surface area contributed by atoms with Gasteiger partial charge in [0.05, 0.1) is 31.9 Å². The summed E-state index contributed by atoms with van der Waals surface area (Å²) >= 11 is 0. The first-order valence-electron chi connectivity index (χ1n) is 6.35. The first-order valence-corrected chi connectivity index (χ1v) is 7.96. The number of aldehydes is 1. The first-order chi connectivity index (χ1) is 8.89. The van der Waals surface area contributed by atoms with Crippen molar-refractivity contribution in [2.45, 2.75) is 19.3 Å². The van der Waals surface area contributed by atoms with Crippen LogP contribution in [0.2, 0.25) is 0 Å². The van der Waals surface area contributed by atoms with Gasteiger partial charge in [-0.2, -0.15) is 8.42 Å². The normalized spacial score (nSPS) is 12.1. The van der Waals surface area contributed by atoms with Gasteiger partial charge in [0.1, 0.15) is 6.29 Å². The maximum absolute atomic E-state index is 10.8. The Kier molecular flexibility index (Phi) is 8.54. The third kappa shape index (κ3) is 8.69. The number of quaternary nitrogens is 1. The third-order valence-electron chi connectivity index (χ3n) is 3.02. The smallest absolute Gasteiger partial charge is 0.265 e. The van der Waals surface area contributed by atoms with Crippen molar-refractivity contribution in [2.75, 3.05) is 31.9 Å². The van der Waals surface area contributed by atoms with Crippen LogP contribution in [0.15, 0.2) is 25.3 Å². The van der Waals surface area contributed by atoms with Gasteiger partial charge in [0.25, 0.3) is 10.1 Å². The molecule has 19 heavy (non-hydrogen) atoms. The molecule has 0 aliphatic heterocycles. The fourth-order valence-corrected chi connectivity index (χ4v) is 2.69. The van der Waals surface area contributed by atoms with Gasteiger partial charge in [0.2, 0.25) is 0 Å². The molecule has 0 fully saturated rings. The lowest BCUT2D eigenvalue weighted by atomic mass is 10.2. The van der Waals surface area contributed by atoms with Gasteiger partial charge < -0.3 is 9.28 Å². The van der Waals surface area contributed by atoms with E-state index in [0.29, 0.717) is 37.0 Å². The van der Waals surface area contributed by atoms with Crippen LogP contribution in [0.25, 0.3) is 0 Å². The Bertz CT molecular complexity index is 379. The topological polar surface area (TPSA) is 71.4 Å². The molecule has 0 radical (unpaired) electrons. The van der Waals surface area contributed by atoms with Crippen LogP contribution in [0.3, 0.4) is 0 Å². The van der Waals surface area contributed by atoms with Crippen LogP contribution in [0.4, 0.5) is 0 Å². The van der Waals surface area contributed by atoms with Crippen LogP contribution >= 0.6 is 0 Å². The molecule has 5 nitrogen and oxygen atoms in total. The molecule has 0 aromatic rings. The number of unbranched alkanes of at least 4 members (excludes halogenated alkanes) is 1. The minimum atomic E-state index is -3.92. The second-order valence-electron chi connectivity index (χ2n) is 4.68. The quantitative estimate of drug-likeness (QED) is 0.194. The van der Waals surface area contributed by atoms with Gasteiger partial charge >= 0.3 is 0 Å². The molecule has 0 atom stereocenters. The molecule has 0 aliphatic rings. The van der Waals surface area contributed by atoms with E-state index in [0.717, 1.165) is 19.3 Å². The maximum atomic E-state index is 10.8. The molecule has 0 heterocycles. The molecule has 6 heteroatoms. The molecular formula is C13H24NO4S+. The van der Waals surface area contributed by atoms with Crippen molar-refractivity contribution in [3.8, 4) is 0 Å². The number of carbonyl (C=O) groups is 1. The van der Waals surface area contributed by atoms with E-state index in [4.69, 9.17) is 4.55 Å². The van der Waals surface area contributed by atoms with Gasteiger partial charge in [-0.25, -0.2) is 0 Å². The van der Waals surface area contributed by atoms with Crippen molar-refractivity contribution in [1.29, 1.82) is 0 Å². The number of nitrogens with zero attached hydrogens (tertiary/aromatic N) is 1. The fraction of sp³-hybridized carbons (Fsp3) is 0.615. The van der Waals surface area contributed by atoms with Crippen molar-refractivity contribution < 1.29 is 22.2 Å².